The number of hydrogen-bond donors (Lipinski definition) is 1. The van der Waals surface area contributed by atoms with E-state index < -0.39 is 5.91 Å². The van der Waals surface area contributed by atoms with E-state index in [1.807, 2.05) is 12.2 Å². The van der Waals surface area contributed by atoms with E-state index in [9.17, 15) is 14.4 Å². The van der Waals surface area contributed by atoms with E-state index in [1.54, 1.807) is 0 Å². The third-order valence-electron chi connectivity index (χ3n) is 4.18. The Bertz CT molecular complexity index is 737. The second-order valence-electron chi connectivity index (χ2n) is 5.71. The smallest absolute Gasteiger partial charge is 0.244 e. The van der Waals surface area contributed by atoms with Crippen LogP contribution in [0, 0.1) is 11.8 Å². The first kappa shape index (κ1) is 17.3. The zero-order chi connectivity index (χ0) is 17.4. The molecule has 1 saturated heterocycles. The number of carbonyl (C=O) groups excluding carboxylic acids is 3. The molecule has 1 N–H and O–H groups in total. The van der Waals surface area contributed by atoms with Crippen LogP contribution in [0.2, 0.25) is 15.1 Å². The zero-order valence-electron chi connectivity index (χ0n) is 12.4. The Hall–Kier alpha value is -1.56. The summed E-state index contributed by atoms with van der Waals surface area (Å²) in [6, 6.07) is 2.83. The van der Waals surface area contributed by atoms with Crippen LogP contribution < -0.4 is 5.32 Å². The molecule has 3 amide bonds. The Labute approximate surface area is 153 Å². The van der Waals surface area contributed by atoms with E-state index in [0.717, 1.165) is 4.90 Å². The van der Waals surface area contributed by atoms with Gasteiger partial charge >= 0.3 is 0 Å². The van der Waals surface area contributed by atoms with Gasteiger partial charge < -0.3 is 5.32 Å². The first-order valence-corrected chi connectivity index (χ1v) is 8.46. The number of fused-ring (bicyclic) bond motifs is 1. The van der Waals surface area contributed by atoms with Crippen molar-refractivity contribution < 1.29 is 14.4 Å². The van der Waals surface area contributed by atoms with Crippen LogP contribution in [-0.2, 0) is 14.4 Å². The first-order valence-electron chi connectivity index (χ1n) is 7.33. The van der Waals surface area contributed by atoms with Crippen molar-refractivity contribution in [2.45, 2.75) is 12.8 Å². The third-order valence-corrected chi connectivity index (χ3v) is 5.22. The molecule has 2 aliphatic rings. The number of hydrogen-bond acceptors (Lipinski definition) is 3. The lowest BCUT2D eigenvalue weighted by atomic mass is 9.85. The average Bonchev–Trinajstić information content (AvgIpc) is 2.78. The number of carbonyl (C=O) groups is 3. The molecule has 1 heterocycles. The number of nitrogens with one attached hydrogen (secondary N) is 1. The molecule has 1 aliphatic carbocycles. The Morgan fingerprint density at radius 2 is 1.54 bits per heavy atom. The Morgan fingerprint density at radius 1 is 1.00 bits per heavy atom. The summed E-state index contributed by atoms with van der Waals surface area (Å²) in [5, 5.41) is 3.27. The summed E-state index contributed by atoms with van der Waals surface area (Å²) in [6.07, 6.45) is 4.86. The molecule has 5 nitrogen and oxygen atoms in total. The summed E-state index contributed by atoms with van der Waals surface area (Å²) in [4.78, 5) is 37.9. The molecule has 0 saturated carbocycles. The molecule has 1 aromatic carbocycles. The highest BCUT2D eigenvalue weighted by molar-refractivity contribution is 6.44. The Balaban J connectivity index is 1.70. The lowest BCUT2D eigenvalue weighted by Crippen LogP contribution is -2.38. The van der Waals surface area contributed by atoms with Gasteiger partial charge in [-0.05, 0) is 25.0 Å². The maximum Gasteiger partial charge on any atom is 0.244 e. The van der Waals surface area contributed by atoms with Gasteiger partial charge in [-0.1, -0.05) is 47.0 Å². The monoisotopic (exact) mass is 386 g/mol. The minimum absolute atomic E-state index is 0.217. The summed E-state index contributed by atoms with van der Waals surface area (Å²) < 4.78 is 0. The zero-order valence-corrected chi connectivity index (χ0v) is 14.7. The van der Waals surface area contributed by atoms with E-state index in [2.05, 4.69) is 5.32 Å². The molecule has 1 aliphatic heterocycles. The summed E-state index contributed by atoms with van der Waals surface area (Å²) in [6.45, 7) is -0.346. The maximum atomic E-state index is 12.3. The molecule has 0 unspecified atom stereocenters. The highest BCUT2D eigenvalue weighted by Gasteiger charge is 2.47. The highest BCUT2D eigenvalue weighted by atomic mass is 35.5. The van der Waals surface area contributed by atoms with Crippen LogP contribution in [0.25, 0.3) is 0 Å². The van der Waals surface area contributed by atoms with Gasteiger partial charge in [-0.15, -0.1) is 0 Å². The molecule has 1 fully saturated rings. The lowest BCUT2D eigenvalue weighted by Gasteiger charge is -2.15. The standard InChI is InChI=1S/C16H13Cl3N2O3/c17-10-5-12(19)13(6-11(10)18)20-14(22)7-21-15(23)8-3-1-2-4-9(8)16(21)24/h1-2,5-6,8-9H,3-4,7H2,(H,20,22)/t8-,9+. The SMILES string of the molecule is O=C(CN1C(=O)[C@H]2CC=CC[C@H]2C1=O)Nc1cc(Cl)c(Cl)cc1Cl. The van der Waals surface area contributed by atoms with Crippen LogP contribution in [-0.4, -0.2) is 29.2 Å². The fourth-order valence-electron chi connectivity index (χ4n) is 2.98. The lowest BCUT2D eigenvalue weighted by molar-refractivity contribution is -0.142. The fourth-order valence-corrected chi connectivity index (χ4v) is 3.57. The predicted octanol–water partition coefficient (Wildman–Crippen LogP) is 3.54. The topological polar surface area (TPSA) is 66.5 Å². The normalized spacial score (nSPS) is 22.7. The number of anilines is 1. The molecule has 0 spiro atoms. The van der Waals surface area contributed by atoms with Gasteiger partial charge in [0.05, 0.1) is 32.6 Å². The van der Waals surface area contributed by atoms with Crippen LogP contribution in [0.3, 0.4) is 0 Å². The van der Waals surface area contributed by atoms with E-state index in [0.29, 0.717) is 12.8 Å². The van der Waals surface area contributed by atoms with Gasteiger partial charge in [0, 0.05) is 0 Å². The van der Waals surface area contributed by atoms with Gasteiger partial charge in [-0.2, -0.15) is 0 Å². The van der Waals surface area contributed by atoms with Gasteiger partial charge in [0.1, 0.15) is 6.54 Å². The van der Waals surface area contributed by atoms with Crippen molar-refractivity contribution in [3.05, 3.63) is 39.4 Å². The van der Waals surface area contributed by atoms with Gasteiger partial charge in [-0.25, -0.2) is 0 Å². The Morgan fingerprint density at radius 3 is 2.12 bits per heavy atom. The van der Waals surface area contributed by atoms with Crippen LogP contribution in [0.5, 0.6) is 0 Å². The third kappa shape index (κ3) is 3.16. The number of nitrogens with zero attached hydrogens (tertiary/aromatic N) is 1. The fraction of sp³-hybridized carbons (Fsp3) is 0.312. The number of halogens is 3. The number of benzene rings is 1. The van der Waals surface area contributed by atoms with Crippen molar-refractivity contribution >= 4 is 58.2 Å². The molecule has 2 atom stereocenters. The van der Waals surface area contributed by atoms with E-state index in [1.165, 1.54) is 12.1 Å². The summed E-state index contributed by atoms with van der Waals surface area (Å²) in [7, 11) is 0. The van der Waals surface area contributed by atoms with Gasteiger partial charge in [-0.3, -0.25) is 19.3 Å². The molecule has 24 heavy (non-hydrogen) atoms. The van der Waals surface area contributed by atoms with Crippen molar-refractivity contribution in [1.29, 1.82) is 0 Å². The number of likely N-dealkylation sites (tertiary alicyclic amines) is 1. The molecule has 0 aromatic heterocycles. The van der Waals surface area contributed by atoms with Gasteiger partial charge in [0.2, 0.25) is 17.7 Å². The van der Waals surface area contributed by atoms with E-state index in [-0.39, 0.29) is 51.0 Å². The average molecular weight is 388 g/mol. The number of imide groups is 1. The van der Waals surface area contributed by atoms with Crippen molar-refractivity contribution in [3.8, 4) is 0 Å². The second kappa shape index (κ2) is 6.75. The van der Waals surface area contributed by atoms with Crippen molar-refractivity contribution in [3.63, 3.8) is 0 Å². The number of amides is 3. The Kier molecular flexibility index (Phi) is 4.85. The summed E-state index contributed by atoms with van der Waals surface area (Å²) in [5.74, 6) is -1.84. The van der Waals surface area contributed by atoms with Crippen LogP contribution >= 0.6 is 34.8 Å². The number of allylic oxidation sites excluding steroid dienone is 2. The van der Waals surface area contributed by atoms with Crippen molar-refractivity contribution in [2.24, 2.45) is 11.8 Å². The molecule has 3 rings (SSSR count). The van der Waals surface area contributed by atoms with Gasteiger partial charge in [0.15, 0.2) is 0 Å². The summed E-state index contributed by atoms with van der Waals surface area (Å²) >= 11 is 17.7. The van der Waals surface area contributed by atoms with Crippen molar-refractivity contribution in [2.75, 3.05) is 11.9 Å². The minimum atomic E-state index is -0.524. The van der Waals surface area contributed by atoms with Crippen LogP contribution in [0.15, 0.2) is 24.3 Å². The molecule has 8 heteroatoms. The second-order valence-corrected chi connectivity index (χ2v) is 6.93. The predicted molar refractivity (Wildman–Crippen MR) is 92.2 cm³/mol. The molecule has 0 bridgehead atoms. The highest BCUT2D eigenvalue weighted by Crippen LogP contribution is 2.35. The molecule has 1 aromatic rings. The summed E-state index contributed by atoms with van der Waals surface area (Å²) in [5.41, 5.74) is 0.272. The van der Waals surface area contributed by atoms with E-state index in [4.69, 9.17) is 34.8 Å². The minimum Gasteiger partial charge on any atom is -0.323 e. The quantitative estimate of drug-likeness (QED) is 0.490. The molecule has 0 radical (unpaired) electrons. The molecular formula is C16H13Cl3N2O3. The molecule has 126 valence electrons. The van der Waals surface area contributed by atoms with Crippen molar-refractivity contribution in [1.82, 2.24) is 4.90 Å². The van der Waals surface area contributed by atoms with Crippen LogP contribution in [0.1, 0.15) is 12.8 Å². The van der Waals surface area contributed by atoms with Gasteiger partial charge in [0.25, 0.3) is 0 Å². The molecular weight excluding hydrogens is 375 g/mol. The first-order chi connectivity index (χ1) is 11.4. The van der Waals surface area contributed by atoms with E-state index >= 15 is 0 Å². The number of rotatable bonds is 3. The largest absolute Gasteiger partial charge is 0.323 e. The van der Waals surface area contributed by atoms with Crippen LogP contribution in [0.4, 0.5) is 5.69 Å². The maximum absolute atomic E-state index is 12.3.